The number of carbonyl (C=O) groups excluding carboxylic acids is 2. The van der Waals surface area contributed by atoms with Crippen LogP contribution in [0.25, 0.3) is 0 Å². The highest BCUT2D eigenvalue weighted by Crippen LogP contribution is 2.17. The summed E-state index contributed by atoms with van der Waals surface area (Å²) < 4.78 is 1.41. The van der Waals surface area contributed by atoms with Crippen molar-refractivity contribution < 1.29 is 9.59 Å². The average molecular weight is 381 g/mol. The molecule has 0 unspecified atom stereocenters. The van der Waals surface area contributed by atoms with Crippen LogP contribution in [0.15, 0.2) is 41.2 Å². The summed E-state index contributed by atoms with van der Waals surface area (Å²) in [5.41, 5.74) is 2.00. The predicted octanol–water partition coefficient (Wildman–Crippen LogP) is 3.17. The van der Waals surface area contributed by atoms with Gasteiger partial charge in [0.2, 0.25) is 5.91 Å². The van der Waals surface area contributed by atoms with Gasteiger partial charge in [-0.25, -0.2) is 0 Å². The summed E-state index contributed by atoms with van der Waals surface area (Å²) in [7, 11) is 0. The van der Waals surface area contributed by atoms with Crippen LogP contribution >= 0.6 is 0 Å². The van der Waals surface area contributed by atoms with Gasteiger partial charge in [0.05, 0.1) is 0 Å². The zero-order valence-electron chi connectivity index (χ0n) is 16.5. The first-order chi connectivity index (χ1) is 13.4. The fourth-order valence-electron chi connectivity index (χ4n) is 3.53. The van der Waals surface area contributed by atoms with Crippen molar-refractivity contribution in [2.75, 3.05) is 5.32 Å². The Morgan fingerprint density at radius 2 is 1.68 bits per heavy atom. The molecule has 0 aliphatic heterocycles. The van der Waals surface area contributed by atoms with Crippen LogP contribution in [0.3, 0.4) is 0 Å². The van der Waals surface area contributed by atoms with Gasteiger partial charge in [0.25, 0.3) is 11.5 Å². The van der Waals surface area contributed by atoms with Gasteiger partial charge in [-0.05, 0) is 51.0 Å². The first-order valence-electron chi connectivity index (χ1n) is 9.82. The summed E-state index contributed by atoms with van der Waals surface area (Å²) in [6.45, 7) is 3.68. The van der Waals surface area contributed by atoms with Gasteiger partial charge in [-0.1, -0.05) is 37.0 Å². The van der Waals surface area contributed by atoms with Crippen molar-refractivity contribution in [2.24, 2.45) is 0 Å². The van der Waals surface area contributed by atoms with E-state index in [9.17, 15) is 14.4 Å². The lowest BCUT2D eigenvalue weighted by atomic mass is 9.95. The summed E-state index contributed by atoms with van der Waals surface area (Å²) in [4.78, 5) is 37.6. The summed E-state index contributed by atoms with van der Waals surface area (Å²) in [6.07, 6.45) is 5.46. The van der Waals surface area contributed by atoms with E-state index in [-0.39, 0.29) is 35.6 Å². The van der Waals surface area contributed by atoms with Crippen LogP contribution in [0.2, 0.25) is 0 Å². The monoisotopic (exact) mass is 381 g/mol. The third kappa shape index (κ3) is 4.88. The largest absolute Gasteiger partial charge is 0.352 e. The molecule has 148 valence electrons. The number of anilines is 1. The Balaban J connectivity index is 1.72. The van der Waals surface area contributed by atoms with Gasteiger partial charge in [0, 0.05) is 17.3 Å². The summed E-state index contributed by atoms with van der Waals surface area (Å²) >= 11 is 0. The van der Waals surface area contributed by atoms with Gasteiger partial charge < -0.3 is 15.2 Å². The third-order valence-electron chi connectivity index (χ3n) is 5.23. The number of nitrogens with one attached hydrogen (secondary N) is 2. The molecule has 1 saturated carbocycles. The minimum absolute atomic E-state index is 0.0462. The number of hydrogen-bond donors (Lipinski definition) is 2. The van der Waals surface area contributed by atoms with E-state index in [1.807, 2.05) is 19.1 Å². The topological polar surface area (TPSA) is 80.2 Å². The molecule has 6 nitrogen and oxygen atoms in total. The molecule has 0 spiro atoms. The normalized spacial score (nSPS) is 14.5. The highest BCUT2D eigenvalue weighted by Gasteiger charge is 2.18. The number of nitrogens with zero attached hydrogens (tertiary/aromatic N) is 1. The SMILES string of the molecule is Cc1ccc(C(=O)Nc2ccc(C)n(CC(=O)NC3CCCCC3)c2=O)cc1. The Morgan fingerprint density at radius 1 is 1.00 bits per heavy atom. The quantitative estimate of drug-likeness (QED) is 0.835. The molecule has 3 rings (SSSR count). The molecule has 1 aliphatic carbocycles. The van der Waals surface area contributed by atoms with E-state index in [4.69, 9.17) is 0 Å². The zero-order valence-corrected chi connectivity index (χ0v) is 16.5. The molecule has 2 aromatic rings. The highest BCUT2D eigenvalue weighted by molar-refractivity contribution is 6.04. The predicted molar refractivity (Wildman–Crippen MR) is 110 cm³/mol. The van der Waals surface area contributed by atoms with Crippen LogP contribution < -0.4 is 16.2 Å². The van der Waals surface area contributed by atoms with E-state index >= 15 is 0 Å². The Hall–Kier alpha value is -2.89. The minimum Gasteiger partial charge on any atom is -0.352 e. The second kappa shape index (κ2) is 8.87. The van der Waals surface area contributed by atoms with Crippen LogP contribution in [0.4, 0.5) is 5.69 Å². The van der Waals surface area contributed by atoms with E-state index in [0.717, 1.165) is 31.2 Å². The third-order valence-corrected chi connectivity index (χ3v) is 5.23. The van der Waals surface area contributed by atoms with Crippen LogP contribution in [-0.2, 0) is 11.3 Å². The molecule has 1 aliphatic rings. The van der Waals surface area contributed by atoms with Crippen molar-refractivity contribution in [3.05, 3.63) is 63.6 Å². The molecule has 0 bridgehead atoms. The van der Waals surface area contributed by atoms with Crippen LogP contribution in [-0.4, -0.2) is 22.4 Å². The van der Waals surface area contributed by atoms with Crippen molar-refractivity contribution in [3.8, 4) is 0 Å². The molecule has 1 heterocycles. The summed E-state index contributed by atoms with van der Waals surface area (Å²) in [5.74, 6) is -0.515. The van der Waals surface area contributed by atoms with Gasteiger partial charge in [-0.2, -0.15) is 0 Å². The number of carbonyl (C=O) groups is 2. The second-order valence-corrected chi connectivity index (χ2v) is 7.50. The molecule has 2 N–H and O–H groups in total. The molecule has 28 heavy (non-hydrogen) atoms. The average Bonchev–Trinajstić information content (AvgIpc) is 2.68. The lowest BCUT2D eigenvalue weighted by Crippen LogP contribution is -2.40. The Bertz CT molecular complexity index is 910. The van der Waals surface area contributed by atoms with E-state index in [2.05, 4.69) is 10.6 Å². The molecule has 1 aromatic carbocycles. The fraction of sp³-hybridized carbons (Fsp3) is 0.409. The van der Waals surface area contributed by atoms with Crippen molar-refractivity contribution in [3.63, 3.8) is 0 Å². The van der Waals surface area contributed by atoms with Crippen LogP contribution in [0.5, 0.6) is 0 Å². The molecule has 0 saturated heterocycles. The van der Waals surface area contributed by atoms with Gasteiger partial charge in [0.15, 0.2) is 0 Å². The van der Waals surface area contributed by atoms with Crippen molar-refractivity contribution >= 4 is 17.5 Å². The molecule has 6 heteroatoms. The molecule has 0 atom stereocenters. The van der Waals surface area contributed by atoms with E-state index < -0.39 is 0 Å². The van der Waals surface area contributed by atoms with E-state index in [1.165, 1.54) is 11.0 Å². The standard InChI is InChI=1S/C22H27N3O3/c1-15-8-11-17(12-9-15)21(27)24-19-13-10-16(2)25(22(19)28)14-20(26)23-18-6-4-3-5-7-18/h8-13,18H,3-7,14H2,1-2H3,(H,23,26)(H,24,27). The Labute approximate surface area is 165 Å². The number of benzene rings is 1. The number of hydrogen-bond acceptors (Lipinski definition) is 3. The summed E-state index contributed by atoms with van der Waals surface area (Å²) in [6, 6.07) is 10.6. The minimum atomic E-state index is -0.376. The maximum absolute atomic E-state index is 12.8. The first kappa shape index (κ1) is 19.9. The number of aromatic nitrogens is 1. The maximum atomic E-state index is 12.8. The molecule has 1 fully saturated rings. The molecule has 2 amide bonds. The molecule has 0 radical (unpaired) electrons. The number of aryl methyl sites for hydroxylation is 2. The zero-order chi connectivity index (χ0) is 20.1. The summed E-state index contributed by atoms with van der Waals surface area (Å²) in [5, 5.41) is 5.69. The van der Waals surface area contributed by atoms with Gasteiger partial charge in [-0.3, -0.25) is 14.4 Å². The maximum Gasteiger partial charge on any atom is 0.274 e. The van der Waals surface area contributed by atoms with Gasteiger partial charge in [0.1, 0.15) is 12.2 Å². The Morgan fingerprint density at radius 3 is 2.36 bits per heavy atom. The fourth-order valence-corrected chi connectivity index (χ4v) is 3.53. The van der Waals surface area contributed by atoms with Crippen molar-refractivity contribution in [1.29, 1.82) is 0 Å². The number of amides is 2. The number of rotatable bonds is 5. The van der Waals surface area contributed by atoms with Gasteiger partial charge in [-0.15, -0.1) is 0 Å². The van der Waals surface area contributed by atoms with Crippen LogP contribution in [0.1, 0.15) is 53.7 Å². The van der Waals surface area contributed by atoms with Gasteiger partial charge >= 0.3 is 0 Å². The highest BCUT2D eigenvalue weighted by atomic mass is 16.2. The molecule has 1 aromatic heterocycles. The lowest BCUT2D eigenvalue weighted by Gasteiger charge is -2.23. The number of pyridine rings is 1. The van der Waals surface area contributed by atoms with E-state index in [1.54, 1.807) is 31.2 Å². The molecular formula is C22H27N3O3. The first-order valence-corrected chi connectivity index (χ1v) is 9.82. The van der Waals surface area contributed by atoms with Crippen molar-refractivity contribution in [2.45, 2.75) is 58.5 Å². The smallest absolute Gasteiger partial charge is 0.274 e. The molecular weight excluding hydrogens is 354 g/mol. The lowest BCUT2D eigenvalue weighted by molar-refractivity contribution is -0.122. The van der Waals surface area contributed by atoms with Crippen LogP contribution in [0, 0.1) is 13.8 Å². The second-order valence-electron chi connectivity index (χ2n) is 7.50. The van der Waals surface area contributed by atoms with E-state index in [0.29, 0.717) is 11.3 Å². The van der Waals surface area contributed by atoms with Crippen molar-refractivity contribution in [1.82, 2.24) is 9.88 Å². The Kier molecular flexibility index (Phi) is 6.29.